The number of pyridine rings is 1. The average Bonchev–Trinajstić information content (AvgIpc) is 2.49. The van der Waals surface area contributed by atoms with Gasteiger partial charge in [0.1, 0.15) is 11.6 Å². The highest BCUT2D eigenvalue weighted by atomic mass is 19.1. The van der Waals surface area contributed by atoms with Crippen LogP contribution in [0.5, 0.6) is 0 Å². The number of nitrogens with two attached hydrogens (primary N) is 1. The van der Waals surface area contributed by atoms with Gasteiger partial charge < -0.3 is 10.1 Å². The van der Waals surface area contributed by atoms with E-state index in [9.17, 15) is 4.39 Å². The van der Waals surface area contributed by atoms with E-state index in [-0.39, 0.29) is 5.82 Å². The van der Waals surface area contributed by atoms with E-state index in [0.717, 1.165) is 11.3 Å². The van der Waals surface area contributed by atoms with Gasteiger partial charge in [0.15, 0.2) is 0 Å². The summed E-state index contributed by atoms with van der Waals surface area (Å²) in [7, 11) is 0. The first kappa shape index (κ1) is 8.19. The van der Waals surface area contributed by atoms with Crippen molar-refractivity contribution in [3.63, 3.8) is 0 Å². The molecule has 0 fully saturated rings. The van der Waals surface area contributed by atoms with Crippen LogP contribution in [0, 0.1) is 5.82 Å². The Morgan fingerprint density at radius 2 is 2.31 bits per heavy atom. The first-order chi connectivity index (χ1) is 6.31. The lowest BCUT2D eigenvalue weighted by Gasteiger charge is -1.98. The molecule has 0 saturated carbocycles. The lowest BCUT2D eigenvalue weighted by Crippen LogP contribution is -2.06. The highest BCUT2D eigenvalue weighted by Gasteiger charge is 2.02. The predicted octanol–water partition coefficient (Wildman–Crippen LogP) is 0.975. The van der Waals surface area contributed by atoms with E-state index in [1.54, 1.807) is 16.7 Å². The van der Waals surface area contributed by atoms with Crippen molar-refractivity contribution in [3.05, 3.63) is 36.2 Å². The first-order valence-electron chi connectivity index (χ1n) is 4.13. The second kappa shape index (κ2) is 3.14. The minimum absolute atomic E-state index is 0.260. The van der Waals surface area contributed by atoms with Crippen LogP contribution in [0.4, 0.5) is 4.39 Å². The quantitative estimate of drug-likeness (QED) is 0.746. The Morgan fingerprint density at radius 1 is 1.46 bits per heavy atom. The smallest absolute Gasteiger partial charge is 0.139 e. The van der Waals surface area contributed by atoms with Gasteiger partial charge in [0, 0.05) is 12.6 Å². The fourth-order valence-corrected chi connectivity index (χ4v) is 1.33. The molecule has 0 amide bonds. The summed E-state index contributed by atoms with van der Waals surface area (Å²) in [6, 6.07) is 3.12. The maximum absolute atomic E-state index is 12.9. The van der Waals surface area contributed by atoms with E-state index in [1.807, 2.05) is 0 Å². The number of imidazole rings is 1. The number of hydrogen-bond donors (Lipinski definition) is 1. The van der Waals surface area contributed by atoms with E-state index in [1.165, 1.54) is 12.3 Å². The summed E-state index contributed by atoms with van der Waals surface area (Å²) in [5.41, 5.74) is 6.30. The predicted molar refractivity (Wildman–Crippen MR) is 47.9 cm³/mol. The second-order valence-corrected chi connectivity index (χ2v) is 2.86. The third-order valence-electron chi connectivity index (χ3n) is 1.94. The molecule has 0 saturated heterocycles. The lowest BCUT2D eigenvalue weighted by atomic mass is 10.4. The van der Waals surface area contributed by atoms with Crippen molar-refractivity contribution in [2.75, 3.05) is 6.54 Å². The fraction of sp³-hybridized carbons (Fsp3) is 0.222. The molecule has 0 aromatic carbocycles. The average molecular weight is 179 g/mol. The van der Waals surface area contributed by atoms with Crippen molar-refractivity contribution in [3.8, 4) is 0 Å². The molecule has 0 atom stereocenters. The van der Waals surface area contributed by atoms with E-state index in [2.05, 4.69) is 4.98 Å². The SMILES string of the molecule is NCCc1ncc2ccc(F)cn12. The molecule has 0 aliphatic rings. The molecule has 3 nitrogen and oxygen atoms in total. The Bertz CT molecular complexity index is 422. The van der Waals surface area contributed by atoms with Crippen molar-refractivity contribution >= 4 is 5.52 Å². The summed E-state index contributed by atoms with van der Waals surface area (Å²) in [6.07, 6.45) is 3.80. The second-order valence-electron chi connectivity index (χ2n) is 2.86. The van der Waals surface area contributed by atoms with Crippen molar-refractivity contribution in [2.45, 2.75) is 6.42 Å². The number of halogens is 1. The third-order valence-corrected chi connectivity index (χ3v) is 1.94. The summed E-state index contributed by atoms with van der Waals surface area (Å²) < 4.78 is 14.6. The molecule has 2 heterocycles. The van der Waals surface area contributed by atoms with E-state index < -0.39 is 0 Å². The van der Waals surface area contributed by atoms with Crippen LogP contribution in [-0.2, 0) is 6.42 Å². The van der Waals surface area contributed by atoms with Gasteiger partial charge in [-0.3, -0.25) is 0 Å². The zero-order valence-electron chi connectivity index (χ0n) is 7.07. The minimum Gasteiger partial charge on any atom is -0.330 e. The van der Waals surface area contributed by atoms with Gasteiger partial charge in [-0.25, -0.2) is 9.37 Å². The van der Waals surface area contributed by atoms with Crippen molar-refractivity contribution in [1.29, 1.82) is 0 Å². The summed E-state index contributed by atoms with van der Waals surface area (Å²) in [4.78, 5) is 4.14. The monoisotopic (exact) mass is 179 g/mol. The molecule has 2 N–H and O–H groups in total. The molecule has 0 bridgehead atoms. The van der Waals surface area contributed by atoms with Crippen LogP contribution < -0.4 is 5.73 Å². The van der Waals surface area contributed by atoms with Gasteiger partial charge in [-0.05, 0) is 18.7 Å². The Kier molecular flexibility index (Phi) is 1.98. The molecule has 2 aromatic heterocycles. The van der Waals surface area contributed by atoms with E-state index in [0.29, 0.717) is 13.0 Å². The Hall–Kier alpha value is -1.42. The topological polar surface area (TPSA) is 43.3 Å². The summed E-state index contributed by atoms with van der Waals surface area (Å²) >= 11 is 0. The normalized spacial score (nSPS) is 10.9. The number of hydrogen-bond acceptors (Lipinski definition) is 2. The third kappa shape index (κ3) is 1.40. The highest BCUT2D eigenvalue weighted by Crippen LogP contribution is 2.08. The number of rotatable bonds is 2. The molecular weight excluding hydrogens is 169 g/mol. The van der Waals surface area contributed by atoms with Gasteiger partial charge in [0.05, 0.1) is 11.7 Å². The van der Waals surface area contributed by atoms with E-state index in [4.69, 9.17) is 5.73 Å². The lowest BCUT2D eigenvalue weighted by molar-refractivity contribution is 0.617. The van der Waals surface area contributed by atoms with Gasteiger partial charge in [-0.2, -0.15) is 0 Å². The molecule has 0 radical (unpaired) electrons. The van der Waals surface area contributed by atoms with Crippen LogP contribution in [0.3, 0.4) is 0 Å². The van der Waals surface area contributed by atoms with Crippen molar-refractivity contribution in [1.82, 2.24) is 9.38 Å². The van der Waals surface area contributed by atoms with Crippen LogP contribution in [-0.4, -0.2) is 15.9 Å². The van der Waals surface area contributed by atoms with Gasteiger partial charge in [0.25, 0.3) is 0 Å². The Morgan fingerprint density at radius 3 is 3.08 bits per heavy atom. The van der Waals surface area contributed by atoms with Crippen LogP contribution in [0.15, 0.2) is 24.5 Å². The summed E-state index contributed by atoms with van der Waals surface area (Å²) in [5.74, 6) is 0.542. The van der Waals surface area contributed by atoms with Gasteiger partial charge >= 0.3 is 0 Å². The molecular formula is C9H10FN3. The van der Waals surface area contributed by atoms with Crippen molar-refractivity contribution in [2.24, 2.45) is 5.73 Å². The summed E-state index contributed by atoms with van der Waals surface area (Å²) in [5, 5.41) is 0. The number of fused-ring (bicyclic) bond motifs is 1. The molecule has 0 unspecified atom stereocenters. The first-order valence-corrected chi connectivity index (χ1v) is 4.13. The minimum atomic E-state index is -0.260. The molecule has 4 heteroatoms. The Labute approximate surface area is 75.0 Å². The van der Waals surface area contributed by atoms with E-state index >= 15 is 0 Å². The zero-order valence-corrected chi connectivity index (χ0v) is 7.07. The fourth-order valence-electron chi connectivity index (χ4n) is 1.33. The molecule has 2 rings (SSSR count). The molecule has 0 spiro atoms. The molecule has 13 heavy (non-hydrogen) atoms. The molecule has 2 aromatic rings. The standard InChI is InChI=1S/C9H10FN3/c10-7-1-2-8-5-12-9(3-4-11)13(8)6-7/h1-2,5-6H,3-4,11H2. The largest absolute Gasteiger partial charge is 0.330 e. The molecule has 0 aliphatic carbocycles. The number of nitrogens with zero attached hydrogens (tertiary/aromatic N) is 2. The van der Waals surface area contributed by atoms with Gasteiger partial charge in [-0.1, -0.05) is 0 Å². The zero-order chi connectivity index (χ0) is 9.26. The molecule has 0 aliphatic heterocycles. The molecule has 68 valence electrons. The van der Waals surface area contributed by atoms with Crippen LogP contribution in [0.1, 0.15) is 5.82 Å². The maximum Gasteiger partial charge on any atom is 0.139 e. The number of aromatic nitrogens is 2. The van der Waals surface area contributed by atoms with Gasteiger partial charge in [-0.15, -0.1) is 0 Å². The van der Waals surface area contributed by atoms with Crippen LogP contribution in [0.25, 0.3) is 5.52 Å². The van der Waals surface area contributed by atoms with Gasteiger partial charge in [0.2, 0.25) is 0 Å². The summed E-state index contributed by atoms with van der Waals surface area (Å²) in [6.45, 7) is 0.523. The maximum atomic E-state index is 12.9. The Balaban J connectivity index is 2.58. The van der Waals surface area contributed by atoms with Crippen molar-refractivity contribution < 1.29 is 4.39 Å². The highest BCUT2D eigenvalue weighted by molar-refractivity contribution is 5.45. The van der Waals surface area contributed by atoms with Crippen LogP contribution >= 0.6 is 0 Å². The van der Waals surface area contributed by atoms with Crippen LogP contribution in [0.2, 0.25) is 0 Å².